The predicted molar refractivity (Wildman–Crippen MR) is 116 cm³/mol. The van der Waals surface area contributed by atoms with Gasteiger partial charge in [-0.3, -0.25) is 9.78 Å². The summed E-state index contributed by atoms with van der Waals surface area (Å²) in [7, 11) is 5.71. The van der Waals surface area contributed by atoms with Gasteiger partial charge in [0.05, 0.1) is 24.2 Å². The lowest BCUT2D eigenvalue weighted by Crippen LogP contribution is -2.35. The zero-order chi connectivity index (χ0) is 20.4. The summed E-state index contributed by atoms with van der Waals surface area (Å²) >= 11 is 0. The highest BCUT2D eigenvalue weighted by atomic mass is 16.5. The molecule has 0 saturated carbocycles. The lowest BCUT2D eigenvalue weighted by atomic mass is 10.00. The molecule has 3 aromatic rings. The van der Waals surface area contributed by atoms with Gasteiger partial charge in [0.1, 0.15) is 5.75 Å². The van der Waals surface area contributed by atoms with Crippen LogP contribution in [0.4, 0.5) is 0 Å². The smallest absolute Gasteiger partial charge is 0.252 e. The van der Waals surface area contributed by atoms with E-state index in [1.54, 1.807) is 7.11 Å². The predicted octanol–water partition coefficient (Wildman–Crippen LogP) is 3.76. The minimum Gasteiger partial charge on any atom is -0.496 e. The van der Waals surface area contributed by atoms with Crippen LogP contribution in [0.5, 0.6) is 5.75 Å². The molecule has 1 amide bonds. The Morgan fingerprint density at radius 2 is 1.90 bits per heavy atom. The van der Waals surface area contributed by atoms with Crippen molar-refractivity contribution in [1.82, 2.24) is 15.2 Å². The Labute approximate surface area is 171 Å². The number of carbonyl (C=O) groups is 1. The molecule has 0 unspecified atom stereocenters. The van der Waals surface area contributed by atoms with Crippen LogP contribution in [0.1, 0.15) is 39.6 Å². The molecule has 0 radical (unpaired) electrons. The van der Waals surface area contributed by atoms with Gasteiger partial charge in [-0.05, 0) is 51.1 Å². The van der Waals surface area contributed by atoms with Gasteiger partial charge < -0.3 is 15.0 Å². The number of likely N-dealkylation sites (N-methyl/N-ethyl adjacent to an activating group) is 1. The van der Waals surface area contributed by atoms with E-state index in [1.807, 2.05) is 56.6 Å². The molecule has 0 aliphatic heterocycles. The molecule has 1 aliphatic rings. The first kappa shape index (κ1) is 19.4. The number of carbonyl (C=O) groups excluding carboxylic acids is 1. The highest BCUT2D eigenvalue weighted by Crippen LogP contribution is 2.31. The highest BCUT2D eigenvalue weighted by molar-refractivity contribution is 6.07. The lowest BCUT2D eigenvalue weighted by molar-refractivity contribution is 0.0942. The van der Waals surface area contributed by atoms with Gasteiger partial charge in [0.2, 0.25) is 0 Å². The quantitative estimate of drug-likeness (QED) is 0.697. The molecule has 1 N–H and O–H groups in total. The molecule has 5 nitrogen and oxygen atoms in total. The Morgan fingerprint density at radius 1 is 1.14 bits per heavy atom. The molecule has 0 saturated heterocycles. The number of fused-ring (bicyclic) bond motifs is 2. The van der Waals surface area contributed by atoms with Crippen molar-refractivity contribution < 1.29 is 9.53 Å². The maximum atomic E-state index is 13.3. The first-order chi connectivity index (χ1) is 14.1. The summed E-state index contributed by atoms with van der Waals surface area (Å²) in [4.78, 5) is 20.2. The molecule has 4 rings (SSSR count). The number of amides is 1. The number of benzene rings is 2. The van der Waals surface area contributed by atoms with Crippen molar-refractivity contribution in [2.24, 2.45) is 0 Å². The highest BCUT2D eigenvalue weighted by Gasteiger charge is 2.25. The van der Waals surface area contributed by atoms with Gasteiger partial charge in [0.25, 0.3) is 5.91 Å². The number of hydrogen-bond acceptors (Lipinski definition) is 4. The van der Waals surface area contributed by atoms with Crippen LogP contribution in [0.3, 0.4) is 0 Å². The summed E-state index contributed by atoms with van der Waals surface area (Å²) in [5.74, 6) is 0.805. The van der Waals surface area contributed by atoms with E-state index in [0.29, 0.717) is 6.54 Å². The van der Waals surface area contributed by atoms with Crippen LogP contribution in [-0.4, -0.2) is 43.5 Å². The number of ether oxygens (including phenoxy) is 1. The summed E-state index contributed by atoms with van der Waals surface area (Å²) in [5.41, 5.74) is 4.93. The molecule has 1 aliphatic carbocycles. The topological polar surface area (TPSA) is 54.5 Å². The number of aryl methyl sites for hydroxylation is 1. The van der Waals surface area contributed by atoms with E-state index in [2.05, 4.69) is 16.3 Å². The Morgan fingerprint density at radius 3 is 2.69 bits per heavy atom. The van der Waals surface area contributed by atoms with Crippen LogP contribution in [-0.2, 0) is 12.8 Å². The van der Waals surface area contributed by atoms with Crippen molar-refractivity contribution in [2.75, 3.05) is 27.7 Å². The van der Waals surface area contributed by atoms with E-state index >= 15 is 0 Å². The number of aromatic nitrogens is 1. The van der Waals surface area contributed by atoms with Crippen molar-refractivity contribution in [3.05, 3.63) is 70.9 Å². The molecule has 0 spiro atoms. The van der Waals surface area contributed by atoms with E-state index in [9.17, 15) is 4.79 Å². The van der Waals surface area contributed by atoms with E-state index < -0.39 is 0 Å². The molecule has 2 aromatic carbocycles. The van der Waals surface area contributed by atoms with Crippen LogP contribution in [0.25, 0.3) is 10.9 Å². The maximum Gasteiger partial charge on any atom is 0.252 e. The van der Waals surface area contributed by atoms with Gasteiger partial charge in [-0.2, -0.15) is 0 Å². The Bertz CT molecular complexity index is 1050. The average molecular weight is 389 g/mol. The standard InChI is InChI=1S/C24H27N3O2/c1-27(2)21(18-10-5-7-14-22(18)29-3)15-25-24(28)23-16-9-4-6-12-19(16)26-20-13-8-11-17(20)23/h4-7,9-10,12,14,21H,8,11,13,15H2,1-3H3,(H,25,28)/t21-/m1/s1. The second kappa shape index (κ2) is 8.21. The molecule has 1 heterocycles. The summed E-state index contributed by atoms with van der Waals surface area (Å²) < 4.78 is 5.54. The molecule has 150 valence electrons. The number of rotatable bonds is 6. The van der Waals surface area contributed by atoms with Crippen molar-refractivity contribution in [2.45, 2.75) is 25.3 Å². The summed E-state index contributed by atoms with van der Waals surface area (Å²) in [6.45, 7) is 0.498. The Balaban J connectivity index is 1.65. The summed E-state index contributed by atoms with van der Waals surface area (Å²) in [6.07, 6.45) is 2.92. The third-order valence-corrected chi connectivity index (χ3v) is 5.72. The Kier molecular flexibility index (Phi) is 5.49. The fourth-order valence-electron chi connectivity index (χ4n) is 4.26. The van der Waals surface area contributed by atoms with Gasteiger partial charge in [0.15, 0.2) is 0 Å². The molecule has 0 fully saturated rings. The van der Waals surface area contributed by atoms with Crippen LogP contribution >= 0.6 is 0 Å². The van der Waals surface area contributed by atoms with Gasteiger partial charge in [-0.1, -0.05) is 36.4 Å². The first-order valence-corrected chi connectivity index (χ1v) is 10.1. The number of para-hydroxylation sites is 2. The van der Waals surface area contributed by atoms with E-state index in [-0.39, 0.29) is 11.9 Å². The van der Waals surface area contributed by atoms with E-state index in [4.69, 9.17) is 9.72 Å². The Hall–Kier alpha value is -2.92. The van der Waals surface area contributed by atoms with E-state index in [0.717, 1.165) is 58.3 Å². The molecule has 5 heteroatoms. The number of nitrogens with one attached hydrogen (secondary N) is 1. The zero-order valence-electron chi connectivity index (χ0n) is 17.2. The lowest BCUT2D eigenvalue weighted by Gasteiger charge is -2.27. The molecule has 0 bridgehead atoms. The minimum atomic E-state index is -0.0245. The third kappa shape index (κ3) is 3.70. The summed E-state index contributed by atoms with van der Waals surface area (Å²) in [6, 6.07) is 15.9. The minimum absolute atomic E-state index is 0.0104. The van der Waals surface area contributed by atoms with Gasteiger partial charge in [0, 0.05) is 23.2 Å². The fraction of sp³-hybridized carbons (Fsp3) is 0.333. The van der Waals surface area contributed by atoms with Crippen molar-refractivity contribution in [3.8, 4) is 5.75 Å². The number of methoxy groups -OCH3 is 1. The first-order valence-electron chi connectivity index (χ1n) is 10.1. The van der Waals surface area contributed by atoms with Gasteiger partial charge in [-0.25, -0.2) is 0 Å². The SMILES string of the molecule is COc1ccccc1[C@@H](CNC(=O)c1c2c(nc3ccccc13)CCC2)N(C)C. The molecular formula is C24H27N3O2. The second-order valence-electron chi connectivity index (χ2n) is 7.71. The molecule has 29 heavy (non-hydrogen) atoms. The normalized spacial score (nSPS) is 14.1. The zero-order valence-corrected chi connectivity index (χ0v) is 17.2. The van der Waals surface area contributed by atoms with Crippen LogP contribution in [0, 0.1) is 0 Å². The maximum absolute atomic E-state index is 13.3. The molecule has 1 atom stereocenters. The van der Waals surface area contributed by atoms with Crippen LogP contribution in [0.2, 0.25) is 0 Å². The third-order valence-electron chi connectivity index (χ3n) is 5.72. The average Bonchev–Trinajstić information content (AvgIpc) is 3.20. The van der Waals surface area contributed by atoms with E-state index in [1.165, 1.54) is 0 Å². The number of nitrogens with zero attached hydrogens (tertiary/aromatic N) is 2. The number of hydrogen-bond donors (Lipinski definition) is 1. The largest absolute Gasteiger partial charge is 0.496 e. The van der Waals surface area contributed by atoms with Crippen molar-refractivity contribution in [1.29, 1.82) is 0 Å². The van der Waals surface area contributed by atoms with Crippen LogP contribution in [0.15, 0.2) is 48.5 Å². The van der Waals surface area contributed by atoms with Crippen LogP contribution < -0.4 is 10.1 Å². The molecular weight excluding hydrogens is 362 g/mol. The monoisotopic (exact) mass is 389 g/mol. The van der Waals surface area contributed by atoms with Gasteiger partial charge in [-0.15, -0.1) is 0 Å². The fourth-order valence-corrected chi connectivity index (χ4v) is 4.26. The van der Waals surface area contributed by atoms with Crippen molar-refractivity contribution in [3.63, 3.8) is 0 Å². The second-order valence-corrected chi connectivity index (χ2v) is 7.71. The molecule has 1 aromatic heterocycles. The summed E-state index contributed by atoms with van der Waals surface area (Å²) in [5, 5.41) is 4.12. The van der Waals surface area contributed by atoms with Crippen molar-refractivity contribution >= 4 is 16.8 Å². The van der Waals surface area contributed by atoms with Gasteiger partial charge >= 0.3 is 0 Å². The number of pyridine rings is 1.